The zero-order chi connectivity index (χ0) is 22.3. The molecule has 2 saturated heterocycles. The quantitative estimate of drug-likeness (QED) is 0.587. The lowest BCUT2D eigenvalue weighted by Gasteiger charge is -2.34. The molecule has 2 aromatic rings. The van der Waals surface area contributed by atoms with Crippen molar-refractivity contribution in [3.63, 3.8) is 0 Å². The van der Waals surface area contributed by atoms with Crippen LogP contribution in [-0.2, 0) is 12.0 Å². The highest BCUT2D eigenvalue weighted by Gasteiger charge is 2.41. The molecule has 3 atom stereocenters. The molecule has 1 aromatic heterocycles. The second kappa shape index (κ2) is 7.92. The van der Waals surface area contributed by atoms with Crippen LogP contribution in [0.2, 0.25) is 0 Å². The van der Waals surface area contributed by atoms with Gasteiger partial charge in [0.05, 0.1) is 6.04 Å². The molecule has 31 heavy (non-hydrogen) atoms. The van der Waals surface area contributed by atoms with E-state index >= 15 is 4.39 Å². The number of benzene rings is 1. The third-order valence-corrected chi connectivity index (χ3v) is 5.78. The van der Waals surface area contributed by atoms with Crippen molar-refractivity contribution in [3.8, 4) is 0 Å². The average Bonchev–Trinajstić information content (AvgIpc) is 3.34. The summed E-state index contributed by atoms with van der Waals surface area (Å²) in [6, 6.07) is 2.79. The smallest absolute Gasteiger partial charge is 0.316 e. The Balaban J connectivity index is 1.47. The van der Waals surface area contributed by atoms with Gasteiger partial charge in [0.1, 0.15) is 12.0 Å². The van der Waals surface area contributed by atoms with Gasteiger partial charge in [0.2, 0.25) is 0 Å². The normalized spacial score (nSPS) is 23.1. The highest BCUT2D eigenvalue weighted by Crippen LogP contribution is 2.32. The highest BCUT2D eigenvalue weighted by molar-refractivity contribution is 5.89. The van der Waals surface area contributed by atoms with E-state index in [9.17, 15) is 9.59 Å². The van der Waals surface area contributed by atoms with Crippen molar-refractivity contribution in [2.75, 3.05) is 6.54 Å². The summed E-state index contributed by atoms with van der Waals surface area (Å²) in [4.78, 5) is 28.2. The Morgan fingerprint density at radius 1 is 1.32 bits per heavy atom. The number of aromatic nitrogens is 2. The van der Waals surface area contributed by atoms with Gasteiger partial charge in [-0.3, -0.25) is 10.1 Å². The molecule has 10 heteroatoms. The Labute approximate surface area is 179 Å². The first-order valence-corrected chi connectivity index (χ1v) is 10.3. The third-order valence-electron chi connectivity index (χ3n) is 5.78. The first-order valence-electron chi connectivity index (χ1n) is 10.3. The Morgan fingerprint density at radius 3 is 2.81 bits per heavy atom. The van der Waals surface area contributed by atoms with Crippen LogP contribution in [0.4, 0.5) is 9.18 Å². The van der Waals surface area contributed by atoms with Crippen molar-refractivity contribution < 1.29 is 18.5 Å². The third kappa shape index (κ3) is 4.25. The lowest BCUT2D eigenvalue weighted by molar-refractivity contribution is 0.0906. The number of fused-ring (bicyclic) bond motifs is 1. The molecule has 2 aliphatic rings. The van der Waals surface area contributed by atoms with Gasteiger partial charge in [0.25, 0.3) is 0 Å². The molecular weight excluding hydrogens is 403 g/mol. The number of aryl methyl sites for hydroxylation is 1. The minimum atomic E-state index is -0.507. The van der Waals surface area contributed by atoms with E-state index in [0.29, 0.717) is 29.9 Å². The maximum atomic E-state index is 15.0. The molecule has 0 bridgehead atoms. The van der Waals surface area contributed by atoms with Crippen LogP contribution in [0.5, 0.6) is 0 Å². The summed E-state index contributed by atoms with van der Waals surface area (Å²) in [6.07, 6.45) is 0.500. The van der Waals surface area contributed by atoms with Gasteiger partial charge in [-0.2, -0.15) is 4.98 Å². The molecule has 1 aromatic carbocycles. The SMILES string of the molecule is Cc1cc(C2CCNC3NC(=O)NC32)c(F)cc1CNC(=O)c1nc(C(C)(C)C)no1. The predicted molar refractivity (Wildman–Crippen MR) is 110 cm³/mol. The highest BCUT2D eigenvalue weighted by atomic mass is 19.1. The zero-order valence-corrected chi connectivity index (χ0v) is 18.0. The summed E-state index contributed by atoms with van der Waals surface area (Å²) in [5.74, 6) is -0.674. The van der Waals surface area contributed by atoms with Gasteiger partial charge in [-0.15, -0.1) is 0 Å². The van der Waals surface area contributed by atoms with E-state index in [2.05, 4.69) is 31.4 Å². The Hall–Kier alpha value is -3.01. The molecule has 2 aliphatic heterocycles. The number of piperidine rings is 1. The van der Waals surface area contributed by atoms with E-state index in [1.54, 1.807) is 6.07 Å². The molecule has 2 fully saturated rings. The number of nitrogens with zero attached hydrogens (tertiary/aromatic N) is 2. The maximum absolute atomic E-state index is 15.0. The van der Waals surface area contributed by atoms with Crippen LogP contribution in [0.3, 0.4) is 0 Å². The fourth-order valence-electron chi connectivity index (χ4n) is 4.03. The first kappa shape index (κ1) is 21.2. The second-order valence-electron chi connectivity index (χ2n) is 9.13. The van der Waals surface area contributed by atoms with Crippen LogP contribution in [0.15, 0.2) is 16.7 Å². The van der Waals surface area contributed by atoms with Gasteiger partial charge in [-0.05, 0) is 42.6 Å². The van der Waals surface area contributed by atoms with Gasteiger partial charge in [0, 0.05) is 17.9 Å². The Morgan fingerprint density at radius 2 is 2.10 bits per heavy atom. The molecule has 0 aliphatic carbocycles. The minimum Gasteiger partial charge on any atom is -0.344 e. The van der Waals surface area contributed by atoms with Crippen LogP contribution >= 0.6 is 0 Å². The summed E-state index contributed by atoms with van der Waals surface area (Å²) in [5.41, 5.74) is 1.74. The van der Waals surface area contributed by atoms with Crippen molar-refractivity contribution in [2.45, 2.75) is 64.2 Å². The fraction of sp³-hybridized carbons (Fsp3) is 0.524. The molecule has 3 unspecified atom stereocenters. The Bertz CT molecular complexity index is 1020. The molecule has 0 spiro atoms. The van der Waals surface area contributed by atoms with Crippen LogP contribution in [0, 0.1) is 12.7 Å². The molecule has 4 rings (SSSR count). The number of rotatable bonds is 4. The molecule has 3 heterocycles. The van der Waals surface area contributed by atoms with E-state index in [0.717, 1.165) is 5.56 Å². The number of carbonyl (C=O) groups excluding carboxylic acids is 2. The number of urea groups is 1. The van der Waals surface area contributed by atoms with E-state index < -0.39 is 5.91 Å². The van der Waals surface area contributed by atoms with Crippen molar-refractivity contribution >= 4 is 11.9 Å². The standard InChI is InChI=1S/C21H27FN6O3/c1-10-7-13(12-5-6-23-16-15(12)25-20(30)26-16)14(22)8-11(10)9-24-17(29)18-27-19(28-31-18)21(2,3)4/h7-8,12,15-16,23H,5-6,9H2,1-4H3,(H,24,29)(H2,25,26,30). The average molecular weight is 430 g/mol. The maximum Gasteiger partial charge on any atom is 0.316 e. The van der Waals surface area contributed by atoms with Crippen molar-refractivity contribution in [2.24, 2.45) is 0 Å². The fourth-order valence-corrected chi connectivity index (χ4v) is 4.03. The largest absolute Gasteiger partial charge is 0.344 e. The lowest BCUT2D eigenvalue weighted by atomic mass is 9.83. The van der Waals surface area contributed by atoms with Gasteiger partial charge >= 0.3 is 17.8 Å². The molecule has 166 valence electrons. The number of amides is 3. The summed E-state index contributed by atoms with van der Waals surface area (Å²) in [7, 11) is 0. The summed E-state index contributed by atoms with van der Waals surface area (Å²) >= 11 is 0. The van der Waals surface area contributed by atoms with Crippen LogP contribution < -0.4 is 21.3 Å². The number of halogens is 1. The molecular formula is C21H27FN6O3. The summed E-state index contributed by atoms with van der Waals surface area (Å²) in [5, 5.41) is 15.5. The van der Waals surface area contributed by atoms with E-state index in [1.165, 1.54) is 6.07 Å². The number of hydrogen-bond acceptors (Lipinski definition) is 6. The number of nitrogens with one attached hydrogen (secondary N) is 4. The van der Waals surface area contributed by atoms with Crippen molar-refractivity contribution in [1.82, 2.24) is 31.4 Å². The van der Waals surface area contributed by atoms with E-state index in [1.807, 2.05) is 27.7 Å². The van der Waals surface area contributed by atoms with Crippen LogP contribution in [0.25, 0.3) is 0 Å². The zero-order valence-electron chi connectivity index (χ0n) is 18.0. The topological polar surface area (TPSA) is 121 Å². The van der Waals surface area contributed by atoms with Crippen LogP contribution in [0.1, 0.15) is 66.3 Å². The van der Waals surface area contributed by atoms with E-state index in [-0.39, 0.29) is 47.8 Å². The monoisotopic (exact) mass is 430 g/mol. The number of hydrogen-bond donors (Lipinski definition) is 4. The van der Waals surface area contributed by atoms with Crippen LogP contribution in [-0.4, -0.2) is 40.8 Å². The predicted octanol–water partition coefficient (Wildman–Crippen LogP) is 1.83. The van der Waals surface area contributed by atoms with Gasteiger partial charge in [-0.25, -0.2) is 9.18 Å². The van der Waals surface area contributed by atoms with Gasteiger partial charge in [0.15, 0.2) is 5.82 Å². The molecule has 4 N–H and O–H groups in total. The molecule has 9 nitrogen and oxygen atoms in total. The number of carbonyl (C=O) groups is 2. The summed E-state index contributed by atoms with van der Waals surface area (Å²) < 4.78 is 20.1. The van der Waals surface area contributed by atoms with Crippen molar-refractivity contribution in [1.29, 1.82) is 0 Å². The Kier molecular flexibility index (Phi) is 5.42. The van der Waals surface area contributed by atoms with Gasteiger partial charge in [-0.1, -0.05) is 32.0 Å². The lowest BCUT2D eigenvalue weighted by Crippen LogP contribution is -2.53. The molecule has 3 amide bonds. The molecule has 0 saturated carbocycles. The van der Waals surface area contributed by atoms with E-state index in [4.69, 9.17) is 4.52 Å². The molecule has 0 radical (unpaired) electrons. The van der Waals surface area contributed by atoms with Crippen molar-refractivity contribution in [3.05, 3.63) is 46.4 Å². The first-order chi connectivity index (χ1) is 14.6. The minimum absolute atomic E-state index is 0.120. The second-order valence-corrected chi connectivity index (χ2v) is 9.13. The summed E-state index contributed by atoms with van der Waals surface area (Å²) in [6.45, 7) is 8.45. The van der Waals surface area contributed by atoms with Gasteiger partial charge < -0.3 is 20.5 Å².